The van der Waals surface area contributed by atoms with E-state index in [4.69, 9.17) is 4.74 Å². The molecule has 6 heteroatoms. The number of fused-ring (bicyclic) bond motifs is 2. The van der Waals surface area contributed by atoms with Crippen LogP contribution in [0.2, 0.25) is 0 Å². The van der Waals surface area contributed by atoms with E-state index in [1.165, 1.54) is 0 Å². The highest BCUT2D eigenvalue weighted by atomic mass is 16.5. The van der Waals surface area contributed by atoms with E-state index >= 15 is 0 Å². The molecule has 0 spiro atoms. The molecule has 130 valence electrons. The van der Waals surface area contributed by atoms with Gasteiger partial charge in [0.25, 0.3) is 0 Å². The molecule has 0 saturated heterocycles. The van der Waals surface area contributed by atoms with Crippen molar-refractivity contribution in [1.29, 1.82) is 0 Å². The number of H-pyrrole nitrogens is 2. The Hall–Kier alpha value is -3.41. The van der Waals surface area contributed by atoms with Crippen molar-refractivity contribution in [3.05, 3.63) is 65.5 Å². The van der Waals surface area contributed by atoms with Gasteiger partial charge in [0.05, 0.1) is 5.52 Å². The van der Waals surface area contributed by atoms with Crippen LogP contribution in [0.1, 0.15) is 33.3 Å². The summed E-state index contributed by atoms with van der Waals surface area (Å²) in [4.78, 5) is 28.0. The molecule has 0 saturated carbocycles. The molecule has 0 amide bonds. The fourth-order valence-electron chi connectivity index (χ4n) is 3.14. The second-order valence-corrected chi connectivity index (χ2v) is 6.01. The van der Waals surface area contributed by atoms with Gasteiger partial charge >= 0.3 is 5.97 Å². The van der Waals surface area contributed by atoms with Crippen molar-refractivity contribution in [2.24, 2.45) is 0 Å². The van der Waals surface area contributed by atoms with Crippen molar-refractivity contribution in [1.82, 2.24) is 15.2 Å². The standard InChI is InChI=1S/C20H17N3O3/c1-2-12-6-5-8-13-15(10-21-18(12)13)17(24)11-26-20(25)19-14-7-3-4-9-16(14)22-23-19/h3-10,21H,2,11H2,1H3,(H,22,23). The Morgan fingerprint density at radius 2 is 1.88 bits per heavy atom. The number of esters is 1. The number of nitrogens with zero attached hydrogens (tertiary/aromatic N) is 1. The zero-order valence-corrected chi connectivity index (χ0v) is 14.2. The molecule has 0 fully saturated rings. The molecule has 0 unspecified atom stereocenters. The number of hydrogen-bond donors (Lipinski definition) is 2. The fraction of sp³-hybridized carbons (Fsp3) is 0.150. The molecule has 2 aromatic carbocycles. The van der Waals surface area contributed by atoms with E-state index in [9.17, 15) is 9.59 Å². The summed E-state index contributed by atoms with van der Waals surface area (Å²) in [6.45, 7) is 1.73. The molecule has 0 atom stereocenters. The summed E-state index contributed by atoms with van der Waals surface area (Å²) in [5.41, 5.74) is 3.54. The normalized spacial score (nSPS) is 11.1. The van der Waals surface area contributed by atoms with Crippen molar-refractivity contribution in [2.75, 3.05) is 6.61 Å². The maximum atomic E-state index is 12.5. The van der Waals surface area contributed by atoms with Gasteiger partial charge in [0.2, 0.25) is 5.78 Å². The van der Waals surface area contributed by atoms with E-state index in [1.807, 2.05) is 36.4 Å². The van der Waals surface area contributed by atoms with Gasteiger partial charge in [-0.05, 0) is 18.1 Å². The van der Waals surface area contributed by atoms with Crippen molar-refractivity contribution in [3.63, 3.8) is 0 Å². The second kappa shape index (κ2) is 6.48. The quantitative estimate of drug-likeness (QED) is 0.426. The molecular weight excluding hydrogens is 330 g/mol. The van der Waals surface area contributed by atoms with Gasteiger partial charge in [-0.3, -0.25) is 9.89 Å². The Morgan fingerprint density at radius 3 is 2.73 bits per heavy atom. The number of carbonyl (C=O) groups is 2. The van der Waals surface area contributed by atoms with Crippen LogP contribution in [0.15, 0.2) is 48.7 Å². The minimum absolute atomic E-state index is 0.181. The molecule has 0 aliphatic rings. The van der Waals surface area contributed by atoms with Gasteiger partial charge in [-0.25, -0.2) is 4.79 Å². The summed E-state index contributed by atoms with van der Waals surface area (Å²) in [5.74, 6) is -0.873. The molecule has 0 aliphatic heterocycles. The first-order valence-electron chi connectivity index (χ1n) is 8.41. The molecule has 2 heterocycles. The Kier molecular flexibility index (Phi) is 4.01. The first-order valence-corrected chi connectivity index (χ1v) is 8.41. The molecule has 0 aliphatic carbocycles. The predicted molar refractivity (Wildman–Crippen MR) is 98.4 cm³/mol. The maximum absolute atomic E-state index is 12.5. The number of hydrogen-bond acceptors (Lipinski definition) is 4. The topological polar surface area (TPSA) is 87.8 Å². The monoisotopic (exact) mass is 347 g/mol. The average molecular weight is 347 g/mol. The molecule has 0 radical (unpaired) electrons. The van der Waals surface area contributed by atoms with Crippen molar-refractivity contribution < 1.29 is 14.3 Å². The van der Waals surface area contributed by atoms with Gasteiger partial charge in [0, 0.05) is 28.0 Å². The van der Waals surface area contributed by atoms with Gasteiger partial charge in [0.15, 0.2) is 12.3 Å². The van der Waals surface area contributed by atoms with Gasteiger partial charge in [-0.2, -0.15) is 5.10 Å². The molecule has 0 bridgehead atoms. The van der Waals surface area contributed by atoms with E-state index in [0.717, 1.165) is 28.4 Å². The van der Waals surface area contributed by atoms with Crippen LogP contribution in [0.3, 0.4) is 0 Å². The lowest BCUT2D eigenvalue weighted by Crippen LogP contribution is -2.14. The number of rotatable bonds is 5. The molecule has 6 nitrogen and oxygen atoms in total. The average Bonchev–Trinajstić information content (AvgIpc) is 3.30. The summed E-state index contributed by atoms with van der Waals surface area (Å²) < 4.78 is 5.20. The van der Waals surface area contributed by atoms with E-state index < -0.39 is 5.97 Å². The molecule has 26 heavy (non-hydrogen) atoms. The van der Waals surface area contributed by atoms with Gasteiger partial charge in [0.1, 0.15) is 0 Å². The first-order chi connectivity index (χ1) is 12.7. The van der Waals surface area contributed by atoms with E-state index in [1.54, 1.807) is 12.3 Å². The van der Waals surface area contributed by atoms with Gasteiger partial charge in [-0.1, -0.05) is 43.3 Å². The SMILES string of the molecule is CCc1cccc2c(C(=O)COC(=O)c3n[nH]c4ccccc34)c[nH]c12. The molecule has 4 rings (SSSR count). The van der Waals surface area contributed by atoms with Crippen LogP contribution in [0.4, 0.5) is 0 Å². The third kappa shape index (κ3) is 2.65. The lowest BCUT2D eigenvalue weighted by molar-refractivity contribution is 0.0471. The third-order valence-electron chi connectivity index (χ3n) is 4.48. The minimum atomic E-state index is -0.620. The molecular formula is C20H17N3O3. The van der Waals surface area contributed by atoms with Crippen molar-refractivity contribution in [3.8, 4) is 0 Å². The number of carbonyl (C=O) groups excluding carboxylic acids is 2. The first kappa shape index (κ1) is 16.1. The zero-order chi connectivity index (χ0) is 18.1. The zero-order valence-electron chi connectivity index (χ0n) is 14.2. The Labute approximate surface area is 149 Å². The Morgan fingerprint density at radius 1 is 1.08 bits per heavy atom. The minimum Gasteiger partial charge on any atom is -0.452 e. The number of aromatic nitrogens is 3. The number of benzene rings is 2. The lowest BCUT2D eigenvalue weighted by atomic mass is 10.1. The van der Waals surface area contributed by atoms with Crippen LogP contribution in [-0.4, -0.2) is 33.5 Å². The van der Waals surface area contributed by atoms with Crippen LogP contribution in [-0.2, 0) is 11.2 Å². The summed E-state index contributed by atoms with van der Waals surface area (Å²) in [7, 11) is 0. The van der Waals surface area contributed by atoms with Crippen LogP contribution >= 0.6 is 0 Å². The summed E-state index contributed by atoms with van der Waals surface area (Å²) in [5, 5.41) is 8.29. The number of Topliss-reactive ketones (excluding diaryl/α,β-unsaturated/α-hetero) is 1. The molecule has 2 aromatic heterocycles. The highest BCUT2D eigenvalue weighted by Gasteiger charge is 2.19. The van der Waals surface area contributed by atoms with E-state index in [-0.39, 0.29) is 18.1 Å². The van der Waals surface area contributed by atoms with Crippen LogP contribution in [0, 0.1) is 0 Å². The fourth-order valence-corrected chi connectivity index (χ4v) is 3.14. The van der Waals surface area contributed by atoms with E-state index in [0.29, 0.717) is 10.9 Å². The highest BCUT2D eigenvalue weighted by molar-refractivity contribution is 6.10. The number of para-hydroxylation sites is 2. The van der Waals surface area contributed by atoms with Crippen LogP contribution in [0.5, 0.6) is 0 Å². The van der Waals surface area contributed by atoms with Crippen molar-refractivity contribution >= 4 is 33.6 Å². The number of aromatic amines is 2. The predicted octanol–water partition coefficient (Wildman–Crippen LogP) is 3.65. The number of nitrogens with one attached hydrogen (secondary N) is 2. The summed E-state index contributed by atoms with van der Waals surface area (Å²) in [6, 6.07) is 13.1. The summed E-state index contributed by atoms with van der Waals surface area (Å²) >= 11 is 0. The third-order valence-corrected chi connectivity index (χ3v) is 4.48. The maximum Gasteiger partial charge on any atom is 0.359 e. The van der Waals surface area contributed by atoms with E-state index in [2.05, 4.69) is 22.1 Å². The number of ether oxygens (including phenoxy) is 1. The number of aryl methyl sites for hydroxylation is 1. The lowest BCUT2D eigenvalue weighted by Gasteiger charge is -2.03. The smallest absolute Gasteiger partial charge is 0.359 e. The largest absolute Gasteiger partial charge is 0.452 e. The number of ketones is 1. The summed E-state index contributed by atoms with van der Waals surface area (Å²) in [6.07, 6.45) is 2.54. The van der Waals surface area contributed by atoms with Gasteiger partial charge in [-0.15, -0.1) is 0 Å². The van der Waals surface area contributed by atoms with Crippen molar-refractivity contribution in [2.45, 2.75) is 13.3 Å². The van der Waals surface area contributed by atoms with Crippen LogP contribution in [0.25, 0.3) is 21.8 Å². The Bertz CT molecular complexity index is 1120. The van der Waals surface area contributed by atoms with Gasteiger partial charge < -0.3 is 9.72 Å². The Balaban J connectivity index is 1.53. The highest BCUT2D eigenvalue weighted by Crippen LogP contribution is 2.23. The molecule has 2 N–H and O–H groups in total. The molecule has 4 aromatic rings. The van der Waals surface area contributed by atoms with Crippen LogP contribution < -0.4 is 0 Å². The second-order valence-electron chi connectivity index (χ2n) is 6.01.